The molecule has 4 amide bonds. The lowest BCUT2D eigenvalue weighted by atomic mass is 9.99. The maximum atomic E-state index is 13.5. The number of aromatic nitrogens is 3. The third-order valence-electron chi connectivity index (χ3n) is 9.67. The summed E-state index contributed by atoms with van der Waals surface area (Å²) in [5.74, 6) is -1.23. The Morgan fingerprint density at radius 3 is 2.66 bits per heavy atom. The number of nitrogens with zero attached hydrogens (tertiary/aromatic N) is 5. The highest BCUT2D eigenvalue weighted by atomic mass is 35.5. The van der Waals surface area contributed by atoms with Crippen LogP contribution in [0.2, 0.25) is 5.02 Å². The van der Waals surface area contributed by atoms with Crippen molar-refractivity contribution in [1.82, 2.24) is 24.8 Å². The van der Waals surface area contributed by atoms with Crippen LogP contribution < -0.4 is 30.6 Å². The van der Waals surface area contributed by atoms with Gasteiger partial charge in [-0.3, -0.25) is 39.0 Å². The lowest BCUT2D eigenvalue weighted by Crippen LogP contribution is -2.54. The van der Waals surface area contributed by atoms with Crippen LogP contribution >= 0.6 is 11.6 Å². The molecule has 4 aromatic rings. The molecule has 16 heteroatoms. The van der Waals surface area contributed by atoms with Crippen molar-refractivity contribution in [3.8, 4) is 11.5 Å². The number of anilines is 3. The second kappa shape index (κ2) is 14.7. The van der Waals surface area contributed by atoms with E-state index in [4.69, 9.17) is 26.1 Å². The molecule has 274 valence electrons. The number of carbonyl (C=O) groups excluding carboxylic acids is 5. The molecule has 0 saturated carbocycles. The van der Waals surface area contributed by atoms with Crippen molar-refractivity contribution in [2.24, 2.45) is 13.0 Å². The summed E-state index contributed by atoms with van der Waals surface area (Å²) < 4.78 is 13.2. The molecule has 3 aliphatic heterocycles. The minimum Gasteiger partial charge on any atom is -0.492 e. The van der Waals surface area contributed by atoms with Gasteiger partial charge in [-0.15, -0.1) is 0 Å². The van der Waals surface area contributed by atoms with Crippen molar-refractivity contribution in [2.75, 3.05) is 36.5 Å². The number of nitrogens with one attached hydrogen (secondary N) is 2. The van der Waals surface area contributed by atoms with Crippen LogP contribution in [0.25, 0.3) is 10.9 Å². The number of amides is 4. The Labute approximate surface area is 308 Å². The number of benzene rings is 2. The molecule has 0 spiro atoms. The predicted octanol–water partition coefficient (Wildman–Crippen LogP) is 3.78. The normalized spacial score (nSPS) is 18.6. The molecule has 2 fully saturated rings. The summed E-state index contributed by atoms with van der Waals surface area (Å²) in [5.41, 5.74) is 1.25. The third kappa shape index (κ3) is 7.03. The molecular weight excluding hydrogens is 706 g/mol. The first-order valence-electron chi connectivity index (χ1n) is 17.3. The van der Waals surface area contributed by atoms with Gasteiger partial charge in [0.2, 0.25) is 17.8 Å². The number of pyridine rings is 1. The Morgan fingerprint density at radius 1 is 1.04 bits per heavy atom. The number of aryl methyl sites for hydroxylation is 1. The maximum Gasteiger partial charge on any atom is 0.293 e. The van der Waals surface area contributed by atoms with Gasteiger partial charge in [0.15, 0.2) is 17.4 Å². The highest BCUT2D eigenvalue weighted by molar-refractivity contribution is 6.33. The summed E-state index contributed by atoms with van der Waals surface area (Å²) in [5, 5.41) is 6.47. The summed E-state index contributed by atoms with van der Waals surface area (Å²) in [4.78, 5) is 87.6. The largest absolute Gasteiger partial charge is 0.492 e. The molecule has 2 aromatic heterocycles. The van der Waals surface area contributed by atoms with E-state index < -0.39 is 29.7 Å². The van der Waals surface area contributed by atoms with Gasteiger partial charge in [-0.1, -0.05) is 24.6 Å². The first-order valence-corrected chi connectivity index (χ1v) is 17.7. The van der Waals surface area contributed by atoms with E-state index in [9.17, 15) is 28.8 Å². The minimum atomic E-state index is -1.06. The zero-order valence-corrected chi connectivity index (χ0v) is 29.8. The van der Waals surface area contributed by atoms with Crippen molar-refractivity contribution < 1.29 is 33.4 Å². The molecule has 2 aromatic carbocycles. The van der Waals surface area contributed by atoms with Gasteiger partial charge in [0.25, 0.3) is 17.4 Å². The molecule has 0 bridgehead atoms. The van der Waals surface area contributed by atoms with Gasteiger partial charge in [-0.25, -0.2) is 4.98 Å². The van der Waals surface area contributed by atoms with Crippen LogP contribution in [-0.4, -0.2) is 81.2 Å². The van der Waals surface area contributed by atoms with Crippen molar-refractivity contribution in [2.45, 2.75) is 45.1 Å². The molecular formula is C37H36ClN7O8. The molecule has 3 aliphatic rings. The summed E-state index contributed by atoms with van der Waals surface area (Å²) in [7, 11) is 1.64. The predicted molar refractivity (Wildman–Crippen MR) is 194 cm³/mol. The molecule has 5 heterocycles. The number of imide groups is 2. The zero-order chi connectivity index (χ0) is 37.4. The summed E-state index contributed by atoms with van der Waals surface area (Å²) in [6.45, 7) is 3.05. The van der Waals surface area contributed by atoms with E-state index in [1.165, 1.54) is 16.8 Å². The molecule has 2 N–H and O–H groups in total. The number of ether oxygens (including phenoxy) is 2. The highest BCUT2D eigenvalue weighted by Crippen LogP contribution is 2.35. The molecule has 53 heavy (non-hydrogen) atoms. The van der Waals surface area contributed by atoms with Gasteiger partial charge in [-0.2, -0.15) is 4.98 Å². The van der Waals surface area contributed by atoms with Crippen LogP contribution in [0.15, 0.2) is 53.5 Å². The molecule has 2 saturated heterocycles. The molecule has 0 radical (unpaired) electrons. The number of carbonyl (C=O) groups is 5. The number of hydrogen-bond donors (Lipinski definition) is 2. The van der Waals surface area contributed by atoms with Crippen LogP contribution in [0.4, 0.5) is 17.5 Å². The number of hydrogen-bond acceptors (Lipinski definition) is 12. The van der Waals surface area contributed by atoms with Crippen molar-refractivity contribution in [3.63, 3.8) is 0 Å². The quantitative estimate of drug-likeness (QED) is 0.213. The second-order valence-corrected chi connectivity index (χ2v) is 13.6. The fourth-order valence-electron chi connectivity index (χ4n) is 6.82. The fraction of sp³-hybridized carbons (Fsp3) is 0.351. The summed E-state index contributed by atoms with van der Waals surface area (Å²) >= 11 is 6.53. The van der Waals surface area contributed by atoms with Gasteiger partial charge in [0, 0.05) is 50.0 Å². The summed E-state index contributed by atoms with van der Waals surface area (Å²) in [6.07, 6.45) is 3.61. The number of fused-ring (bicyclic) bond motifs is 2. The van der Waals surface area contributed by atoms with Gasteiger partial charge in [0.1, 0.15) is 23.4 Å². The van der Waals surface area contributed by atoms with Crippen LogP contribution in [0.1, 0.15) is 59.7 Å². The van der Waals surface area contributed by atoms with Crippen molar-refractivity contribution in [3.05, 3.63) is 75.2 Å². The monoisotopic (exact) mass is 741 g/mol. The van der Waals surface area contributed by atoms with Gasteiger partial charge < -0.3 is 24.3 Å². The van der Waals surface area contributed by atoms with E-state index in [0.717, 1.165) is 17.7 Å². The van der Waals surface area contributed by atoms with Gasteiger partial charge >= 0.3 is 0 Å². The number of halogens is 1. The Bertz CT molecular complexity index is 2240. The molecule has 15 nitrogen and oxygen atoms in total. The van der Waals surface area contributed by atoms with Crippen molar-refractivity contribution in [1.29, 1.82) is 0 Å². The van der Waals surface area contributed by atoms with Crippen LogP contribution in [0.3, 0.4) is 0 Å². The second-order valence-electron chi connectivity index (χ2n) is 13.2. The van der Waals surface area contributed by atoms with E-state index in [2.05, 4.69) is 15.6 Å². The number of Topliss-reactive ketones (excluding diaryl/α,β-unsaturated/α-hetero) is 1. The minimum absolute atomic E-state index is 0.0323. The van der Waals surface area contributed by atoms with Crippen molar-refractivity contribution >= 4 is 69.4 Å². The summed E-state index contributed by atoms with van der Waals surface area (Å²) in [6, 6.07) is 10.8. The molecule has 0 aliphatic carbocycles. The molecule has 7 rings (SSSR count). The lowest BCUT2D eigenvalue weighted by molar-refractivity contribution is -0.136. The average molecular weight is 742 g/mol. The highest BCUT2D eigenvalue weighted by Gasteiger charge is 2.46. The maximum absolute atomic E-state index is 13.5. The molecule has 2 atom stereocenters. The number of piperidine rings is 2. The Hall–Kier alpha value is -5.83. The lowest BCUT2D eigenvalue weighted by Gasteiger charge is -2.33. The number of rotatable bonds is 11. The van der Waals surface area contributed by atoms with E-state index in [1.54, 1.807) is 44.3 Å². The first-order chi connectivity index (χ1) is 25.5. The standard InChI is InChI=1S/C37H36ClN7O8/c1-3-23(46)19-53-29-15-21-14-22(9-10-26(21)43(2)35(29)50)40-32-25(38)16-39-37(42-32)44-13-5-6-20(17-44)18-52-28-8-4-7-24-31(28)36(51)45(34(24)49)27-11-12-30(47)41-33(27)48/h4,7-10,14-16,20,27H,3,5-6,11-13,17-19H2,1-2H3,(H,39,40,42)(H,41,47,48)/t20-,27?/m0/s1. The smallest absolute Gasteiger partial charge is 0.293 e. The van der Waals surface area contributed by atoms with E-state index in [-0.39, 0.29) is 65.9 Å². The zero-order valence-electron chi connectivity index (χ0n) is 29.0. The Kier molecular flexibility index (Phi) is 9.84. The SMILES string of the molecule is CCC(=O)COc1cc2cc(Nc3nc(N4CCC[C@H](COc5cccc6c5C(=O)N(C5CCC(=O)NC5=O)C6=O)C4)ncc3Cl)ccc2n(C)c1=O. The molecule has 1 unspecified atom stereocenters. The van der Waals surface area contributed by atoms with E-state index in [1.807, 2.05) is 11.0 Å². The van der Waals surface area contributed by atoms with E-state index >= 15 is 0 Å². The average Bonchev–Trinajstić information content (AvgIpc) is 3.41. The third-order valence-corrected chi connectivity index (χ3v) is 9.95. The Balaban J connectivity index is 1.03. The van der Waals surface area contributed by atoms with Gasteiger partial charge in [-0.05, 0) is 55.7 Å². The number of ketones is 1. The first kappa shape index (κ1) is 35.6. The topological polar surface area (TPSA) is 182 Å². The fourth-order valence-corrected chi connectivity index (χ4v) is 6.96. The van der Waals surface area contributed by atoms with Crippen LogP contribution in [-0.2, 0) is 21.4 Å². The Morgan fingerprint density at radius 2 is 1.87 bits per heavy atom. The van der Waals surface area contributed by atoms with Gasteiger partial charge in [0.05, 0.1) is 29.4 Å². The van der Waals surface area contributed by atoms with Crippen LogP contribution in [0.5, 0.6) is 11.5 Å². The van der Waals surface area contributed by atoms with Crippen LogP contribution in [0, 0.1) is 5.92 Å². The van der Waals surface area contributed by atoms with E-state index in [0.29, 0.717) is 52.9 Å².